The first-order valence-electron chi connectivity index (χ1n) is 5.04. The third-order valence-corrected chi connectivity index (χ3v) is 2.76. The molecular formula is C10H17NO2. The SMILES string of the molecule is NC(CC1CCCO1)C1=COCC1. The molecule has 3 nitrogen and oxygen atoms in total. The summed E-state index contributed by atoms with van der Waals surface area (Å²) in [5, 5.41) is 0. The van der Waals surface area contributed by atoms with Crippen LogP contribution in [0, 0.1) is 0 Å². The van der Waals surface area contributed by atoms with Crippen LogP contribution in [0.15, 0.2) is 11.8 Å². The van der Waals surface area contributed by atoms with Gasteiger partial charge in [0, 0.05) is 19.1 Å². The molecule has 0 amide bonds. The molecule has 2 aliphatic heterocycles. The number of ether oxygens (including phenoxy) is 2. The van der Waals surface area contributed by atoms with Gasteiger partial charge in [0.2, 0.25) is 0 Å². The van der Waals surface area contributed by atoms with Crippen molar-refractivity contribution >= 4 is 0 Å². The van der Waals surface area contributed by atoms with Crippen LogP contribution in [0.3, 0.4) is 0 Å². The van der Waals surface area contributed by atoms with Crippen molar-refractivity contribution < 1.29 is 9.47 Å². The van der Waals surface area contributed by atoms with Gasteiger partial charge in [0.05, 0.1) is 19.0 Å². The fraction of sp³-hybridized carbons (Fsp3) is 0.800. The molecule has 13 heavy (non-hydrogen) atoms. The Balaban J connectivity index is 1.79. The molecule has 0 aromatic rings. The number of rotatable bonds is 3. The highest BCUT2D eigenvalue weighted by Gasteiger charge is 2.22. The topological polar surface area (TPSA) is 44.5 Å². The summed E-state index contributed by atoms with van der Waals surface area (Å²) in [6.45, 7) is 1.71. The van der Waals surface area contributed by atoms with Crippen LogP contribution in [0.25, 0.3) is 0 Å². The van der Waals surface area contributed by atoms with Gasteiger partial charge in [0.15, 0.2) is 0 Å². The van der Waals surface area contributed by atoms with Crippen molar-refractivity contribution in [2.45, 2.75) is 37.8 Å². The van der Waals surface area contributed by atoms with Gasteiger partial charge in [-0.05, 0) is 24.8 Å². The van der Waals surface area contributed by atoms with E-state index >= 15 is 0 Å². The predicted molar refractivity (Wildman–Crippen MR) is 50.2 cm³/mol. The minimum absolute atomic E-state index is 0.144. The zero-order chi connectivity index (χ0) is 9.10. The first-order chi connectivity index (χ1) is 6.36. The lowest BCUT2D eigenvalue weighted by Crippen LogP contribution is -2.27. The standard InChI is InChI=1S/C10H17NO2/c11-10(8-3-5-12-7-8)6-9-2-1-4-13-9/h7,9-10H,1-6,11H2. The molecule has 0 bridgehead atoms. The highest BCUT2D eigenvalue weighted by molar-refractivity contribution is 5.10. The van der Waals surface area contributed by atoms with Gasteiger partial charge in [0.25, 0.3) is 0 Å². The molecule has 0 aromatic carbocycles. The van der Waals surface area contributed by atoms with E-state index in [0.29, 0.717) is 6.10 Å². The summed E-state index contributed by atoms with van der Waals surface area (Å²) < 4.78 is 10.7. The zero-order valence-electron chi connectivity index (χ0n) is 7.87. The first-order valence-corrected chi connectivity index (χ1v) is 5.04. The minimum atomic E-state index is 0.144. The highest BCUT2D eigenvalue weighted by Crippen LogP contribution is 2.22. The molecule has 2 unspecified atom stereocenters. The Labute approximate surface area is 78.9 Å². The maximum Gasteiger partial charge on any atom is 0.0912 e. The van der Waals surface area contributed by atoms with E-state index in [2.05, 4.69) is 0 Å². The Kier molecular flexibility index (Phi) is 2.86. The molecule has 0 radical (unpaired) electrons. The van der Waals surface area contributed by atoms with Crippen LogP contribution in [0.1, 0.15) is 25.7 Å². The van der Waals surface area contributed by atoms with Crippen LogP contribution in [0.5, 0.6) is 0 Å². The number of nitrogens with two attached hydrogens (primary N) is 1. The summed E-state index contributed by atoms with van der Waals surface area (Å²) in [6.07, 6.45) is 6.51. The van der Waals surface area contributed by atoms with Gasteiger partial charge in [-0.25, -0.2) is 0 Å². The zero-order valence-corrected chi connectivity index (χ0v) is 7.87. The van der Waals surface area contributed by atoms with Crippen molar-refractivity contribution in [3.8, 4) is 0 Å². The smallest absolute Gasteiger partial charge is 0.0912 e. The number of hydrogen-bond donors (Lipinski definition) is 1. The van der Waals surface area contributed by atoms with Crippen molar-refractivity contribution in [2.75, 3.05) is 13.2 Å². The molecule has 74 valence electrons. The molecule has 0 aromatic heterocycles. The maximum atomic E-state index is 6.03. The summed E-state index contributed by atoms with van der Waals surface area (Å²) in [7, 11) is 0. The second kappa shape index (κ2) is 4.11. The first kappa shape index (κ1) is 9.03. The molecule has 2 aliphatic rings. The fourth-order valence-electron chi connectivity index (χ4n) is 1.94. The second-order valence-electron chi connectivity index (χ2n) is 3.79. The lowest BCUT2D eigenvalue weighted by Gasteiger charge is -2.15. The fourth-order valence-corrected chi connectivity index (χ4v) is 1.94. The molecule has 0 saturated carbocycles. The van der Waals surface area contributed by atoms with Gasteiger partial charge >= 0.3 is 0 Å². The van der Waals surface area contributed by atoms with Crippen molar-refractivity contribution in [3.05, 3.63) is 11.8 Å². The largest absolute Gasteiger partial charge is 0.501 e. The highest BCUT2D eigenvalue weighted by atomic mass is 16.5. The van der Waals surface area contributed by atoms with Crippen LogP contribution in [0.2, 0.25) is 0 Å². The Morgan fingerprint density at radius 2 is 2.46 bits per heavy atom. The summed E-state index contributed by atoms with van der Waals surface area (Å²) >= 11 is 0. The van der Waals surface area contributed by atoms with Crippen molar-refractivity contribution in [3.63, 3.8) is 0 Å². The van der Waals surface area contributed by atoms with E-state index in [1.54, 1.807) is 0 Å². The van der Waals surface area contributed by atoms with Crippen LogP contribution >= 0.6 is 0 Å². The summed E-state index contributed by atoms with van der Waals surface area (Å²) in [5.41, 5.74) is 7.28. The van der Waals surface area contributed by atoms with E-state index in [4.69, 9.17) is 15.2 Å². The van der Waals surface area contributed by atoms with E-state index < -0.39 is 0 Å². The van der Waals surface area contributed by atoms with Crippen LogP contribution < -0.4 is 5.73 Å². The normalized spacial score (nSPS) is 29.9. The van der Waals surface area contributed by atoms with Crippen molar-refractivity contribution in [2.24, 2.45) is 5.73 Å². The predicted octanol–water partition coefficient (Wildman–Crippen LogP) is 1.19. The van der Waals surface area contributed by atoms with Gasteiger partial charge in [-0.1, -0.05) is 0 Å². The molecule has 1 fully saturated rings. The van der Waals surface area contributed by atoms with Gasteiger partial charge in [-0.3, -0.25) is 0 Å². The van der Waals surface area contributed by atoms with E-state index in [9.17, 15) is 0 Å². The Morgan fingerprint density at radius 3 is 3.08 bits per heavy atom. The van der Waals surface area contributed by atoms with Crippen LogP contribution in [-0.4, -0.2) is 25.4 Å². The second-order valence-corrected chi connectivity index (χ2v) is 3.79. The van der Waals surface area contributed by atoms with E-state index in [1.165, 1.54) is 18.4 Å². The summed E-state index contributed by atoms with van der Waals surface area (Å²) in [5.74, 6) is 0. The average Bonchev–Trinajstić information content (AvgIpc) is 2.74. The Morgan fingerprint density at radius 1 is 1.54 bits per heavy atom. The molecule has 3 heteroatoms. The monoisotopic (exact) mass is 183 g/mol. The van der Waals surface area contributed by atoms with Gasteiger partial charge in [-0.15, -0.1) is 0 Å². The quantitative estimate of drug-likeness (QED) is 0.714. The van der Waals surface area contributed by atoms with E-state index in [1.807, 2.05) is 6.26 Å². The maximum absolute atomic E-state index is 6.03. The molecule has 0 aliphatic carbocycles. The molecule has 2 heterocycles. The molecule has 2 N–H and O–H groups in total. The Bertz CT molecular complexity index is 197. The lowest BCUT2D eigenvalue weighted by molar-refractivity contribution is 0.101. The van der Waals surface area contributed by atoms with Crippen LogP contribution in [-0.2, 0) is 9.47 Å². The van der Waals surface area contributed by atoms with Crippen molar-refractivity contribution in [1.29, 1.82) is 0 Å². The third-order valence-electron chi connectivity index (χ3n) is 2.76. The third kappa shape index (κ3) is 2.23. The average molecular weight is 183 g/mol. The lowest BCUT2D eigenvalue weighted by atomic mass is 10.00. The summed E-state index contributed by atoms with van der Waals surface area (Å²) in [4.78, 5) is 0. The van der Waals surface area contributed by atoms with Crippen molar-refractivity contribution in [1.82, 2.24) is 0 Å². The van der Waals surface area contributed by atoms with Gasteiger partial charge in [-0.2, -0.15) is 0 Å². The Hall–Kier alpha value is -0.540. The molecule has 1 saturated heterocycles. The van der Waals surface area contributed by atoms with Crippen LogP contribution in [0.4, 0.5) is 0 Å². The number of hydrogen-bond acceptors (Lipinski definition) is 3. The van der Waals surface area contributed by atoms with E-state index in [0.717, 1.165) is 26.1 Å². The summed E-state index contributed by atoms with van der Waals surface area (Å²) in [6, 6.07) is 0.144. The molecule has 2 rings (SSSR count). The minimum Gasteiger partial charge on any atom is -0.501 e. The molecule has 2 atom stereocenters. The molecular weight excluding hydrogens is 166 g/mol. The molecule has 0 spiro atoms. The van der Waals surface area contributed by atoms with Gasteiger partial charge < -0.3 is 15.2 Å². The van der Waals surface area contributed by atoms with Gasteiger partial charge in [0.1, 0.15) is 0 Å². The van der Waals surface area contributed by atoms with E-state index in [-0.39, 0.29) is 6.04 Å².